The highest BCUT2D eigenvalue weighted by Crippen LogP contribution is 2.39. The fourth-order valence-corrected chi connectivity index (χ4v) is 5.87. The summed E-state index contributed by atoms with van der Waals surface area (Å²) >= 11 is 3.14. The third-order valence-electron chi connectivity index (χ3n) is 5.62. The van der Waals surface area contributed by atoms with Crippen LogP contribution in [0.1, 0.15) is 26.4 Å². The number of nitrogens with one attached hydrogen (secondary N) is 1. The van der Waals surface area contributed by atoms with Crippen molar-refractivity contribution >= 4 is 44.9 Å². The van der Waals surface area contributed by atoms with E-state index in [1.54, 1.807) is 17.7 Å². The molecule has 1 N–H and O–H groups in total. The molecule has 35 heavy (non-hydrogen) atoms. The Hall–Kier alpha value is -3.68. The van der Waals surface area contributed by atoms with E-state index in [0.717, 1.165) is 31.5 Å². The van der Waals surface area contributed by atoms with Gasteiger partial charge in [-0.3, -0.25) is 4.79 Å². The molecule has 0 radical (unpaired) electrons. The van der Waals surface area contributed by atoms with Crippen molar-refractivity contribution in [2.45, 2.75) is 30.7 Å². The molecule has 5 aromatic rings. The van der Waals surface area contributed by atoms with Crippen LogP contribution in [0.25, 0.3) is 10.2 Å². The number of thiophene rings is 1. The summed E-state index contributed by atoms with van der Waals surface area (Å²) in [5, 5.41) is 4.93. The van der Waals surface area contributed by atoms with E-state index >= 15 is 0 Å². The zero-order valence-electron chi connectivity index (χ0n) is 19.5. The second-order valence-electron chi connectivity index (χ2n) is 8.11. The van der Waals surface area contributed by atoms with Gasteiger partial charge in [-0.2, -0.15) is 0 Å². The van der Waals surface area contributed by atoms with Gasteiger partial charge in [-0.15, -0.1) is 11.3 Å². The molecule has 0 spiro atoms. The number of nitrogens with zero attached hydrogens (tertiary/aromatic N) is 2. The summed E-state index contributed by atoms with van der Waals surface area (Å²) in [5.41, 5.74) is 3.45. The van der Waals surface area contributed by atoms with Gasteiger partial charge in [0.15, 0.2) is 5.75 Å². The van der Waals surface area contributed by atoms with Gasteiger partial charge in [0.1, 0.15) is 21.9 Å². The number of para-hydroxylation sites is 2. The molecule has 2 aromatic heterocycles. The fourth-order valence-electron chi connectivity index (χ4n) is 3.73. The van der Waals surface area contributed by atoms with Crippen molar-refractivity contribution in [1.82, 2.24) is 9.97 Å². The number of rotatable bonds is 6. The van der Waals surface area contributed by atoms with E-state index < -0.39 is 0 Å². The first-order valence-corrected chi connectivity index (χ1v) is 12.8. The van der Waals surface area contributed by atoms with Gasteiger partial charge < -0.3 is 10.1 Å². The third kappa shape index (κ3) is 4.92. The molecule has 1 amide bonds. The van der Waals surface area contributed by atoms with E-state index in [0.29, 0.717) is 17.0 Å². The molecule has 0 fully saturated rings. The third-order valence-corrected chi connectivity index (χ3v) is 7.82. The van der Waals surface area contributed by atoms with Gasteiger partial charge in [-0.05, 0) is 68.3 Å². The average Bonchev–Trinajstić information content (AvgIpc) is 3.15. The summed E-state index contributed by atoms with van der Waals surface area (Å²) in [6.45, 7) is 6.19. The first-order valence-electron chi connectivity index (χ1n) is 11.1. The minimum atomic E-state index is -0.211. The van der Waals surface area contributed by atoms with Crippen molar-refractivity contribution in [1.29, 1.82) is 0 Å². The summed E-state index contributed by atoms with van der Waals surface area (Å²) in [4.78, 5) is 25.4. The highest BCUT2D eigenvalue weighted by molar-refractivity contribution is 7.99. The highest BCUT2D eigenvalue weighted by Gasteiger charge is 2.18. The molecule has 0 aliphatic heterocycles. The predicted octanol–water partition coefficient (Wildman–Crippen LogP) is 7.81. The summed E-state index contributed by atoms with van der Waals surface area (Å²) in [5.74, 6) is 1.09. The molecule has 0 bridgehead atoms. The van der Waals surface area contributed by atoms with Crippen LogP contribution in [-0.4, -0.2) is 15.9 Å². The molecular formula is C28H23N3O2S2. The smallest absolute Gasteiger partial charge is 0.256 e. The number of aryl methyl sites for hydroxylation is 3. The second-order valence-corrected chi connectivity index (χ2v) is 10.3. The molecule has 0 aliphatic rings. The zero-order chi connectivity index (χ0) is 24.4. The Morgan fingerprint density at radius 1 is 0.943 bits per heavy atom. The Morgan fingerprint density at radius 3 is 2.60 bits per heavy atom. The van der Waals surface area contributed by atoms with Gasteiger partial charge in [0.25, 0.3) is 5.91 Å². The van der Waals surface area contributed by atoms with Gasteiger partial charge in [0.2, 0.25) is 0 Å². The number of ether oxygens (including phenoxy) is 1. The monoisotopic (exact) mass is 497 g/mol. The van der Waals surface area contributed by atoms with Gasteiger partial charge in [-0.25, -0.2) is 9.97 Å². The van der Waals surface area contributed by atoms with E-state index in [1.807, 2.05) is 79.7 Å². The van der Waals surface area contributed by atoms with Gasteiger partial charge >= 0.3 is 0 Å². The average molecular weight is 498 g/mol. The number of anilines is 1. The Balaban J connectivity index is 1.43. The van der Waals surface area contributed by atoms with Gasteiger partial charge in [0.05, 0.1) is 11.3 Å². The lowest BCUT2D eigenvalue weighted by Gasteiger charge is -2.14. The minimum absolute atomic E-state index is 0.211. The van der Waals surface area contributed by atoms with E-state index in [2.05, 4.69) is 29.1 Å². The molecule has 0 unspecified atom stereocenters. The van der Waals surface area contributed by atoms with E-state index in [-0.39, 0.29) is 5.91 Å². The van der Waals surface area contributed by atoms with Crippen LogP contribution in [0.4, 0.5) is 5.69 Å². The maximum absolute atomic E-state index is 13.4. The van der Waals surface area contributed by atoms with Crippen molar-refractivity contribution < 1.29 is 9.53 Å². The molecule has 0 aliphatic carbocycles. The second kappa shape index (κ2) is 9.90. The SMILES string of the molecule is Cc1cccc(Oc2ccccc2NC(=O)c2ccccc2Sc2ncnc3sc(C)c(C)c23)c1. The summed E-state index contributed by atoms with van der Waals surface area (Å²) in [6.07, 6.45) is 1.58. The number of aromatic nitrogens is 2. The lowest BCUT2D eigenvalue weighted by atomic mass is 10.2. The predicted molar refractivity (Wildman–Crippen MR) is 143 cm³/mol. The van der Waals surface area contributed by atoms with E-state index in [1.165, 1.54) is 22.2 Å². The maximum Gasteiger partial charge on any atom is 0.256 e. The first-order chi connectivity index (χ1) is 17.0. The van der Waals surface area contributed by atoms with E-state index in [9.17, 15) is 4.79 Å². The Morgan fingerprint density at radius 2 is 1.74 bits per heavy atom. The van der Waals surface area contributed by atoms with Gasteiger partial charge in [-0.1, -0.05) is 48.2 Å². The van der Waals surface area contributed by atoms with Crippen molar-refractivity contribution in [2.24, 2.45) is 0 Å². The highest BCUT2D eigenvalue weighted by atomic mass is 32.2. The number of amides is 1. The zero-order valence-corrected chi connectivity index (χ0v) is 21.2. The molecule has 5 rings (SSSR count). The minimum Gasteiger partial charge on any atom is -0.455 e. The van der Waals surface area contributed by atoms with Crippen LogP contribution in [0, 0.1) is 20.8 Å². The number of hydrogen-bond donors (Lipinski definition) is 1. The van der Waals surface area contributed by atoms with Crippen LogP contribution in [0.5, 0.6) is 11.5 Å². The number of carbonyl (C=O) groups excluding carboxylic acids is 1. The molecule has 174 valence electrons. The molecule has 2 heterocycles. The first kappa shape index (κ1) is 23.1. The van der Waals surface area contributed by atoms with Crippen LogP contribution in [-0.2, 0) is 0 Å². The number of carbonyl (C=O) groups is 1. The number of hydrogen-bond acceptors (Lipinski definition) is 6. The summed E-state index contributed by atoms with van der Waals surface area (Å²) in [7, 11) is 0. The summed E-state index contributed by atoms with van der Waals surface area (Å²) in [6, 6.07) is 22.8. The normalized spacial score (nSPS) is 10.9. The van der Waals surface area contributed by atoms with Crippen molar-refractivity contribution in [3.05, 3.63) is 101 Å². The lowest BCUT2D eigenvalue weighted by Crippen LogP contribution is -2.13. The van der Waals surface area contributed by atoms with Crippen LogP contribution < -0.4 is 10.1 Å². The molecular weight excluding hydrogens is 474 g/mol. The van der Waals surface area contributed by atoms with Crippen molar-refractivity contribution in [3.63, 3.8) is 0 Å². The molecule has 7 heteroatoms. The maximum atomic E-state index is 13.4. The molecule has 0 atom stereocenters. The van der Waals surface area contributed by atoms with Crippen LogP contribution >= 0.6 is 23.1 Å². The Labute approximate surface area is 212 Å². The molecule has 5 nitrogen and oxygen atoms in total. The Bertz CT molecular complexity index is 1540. The van der Waals surface area contributed by atoms with Gasteiger partial charge in [0, 0.05) is 15.2 Å². The fraction of sp³-hybridized carbons (Fsp3) is 0.107. The number of fused-ring (bicyclic) bond motifs is 1. The quantitative estimate of drug-likeness (QED) is 0.242. The summed E-state index contributed by atoms with van der Waals surface area (Å²) < 4.78 is 6.08. The van der Waals surface area contributed by atoms with Crippen LogP contribution in [0.15, 0.2) is 89.0 Å². The van der Waals surface area contributed by atoms with Crippen molar-refractivity contribution in [3.8, 4) is 11.5 Å². The van der Waals surface area contributed by atoms with Crippen LogP contribution in [0.3, 0.4) is 0 Å². The topological polar surface area (TPSA) is 64.1 Å². The van der Waals surface area contributed by atoms with Crippen molar-refractivity contribution in [2.75, 3.05) is 5.32 Å². The molecule has 0 saturated heterocycles. The molecule has 3 aromatic carbocycles. The standard InChI is InChI=1S/C28H23N3O2S2/c1-17-9-8-10-20(15-17)33-23-13-6-5-12-22(23)31-26(32)21-11-4-7-14-24(21)35-28-25-18(2)19(3)34-27(25)29-16-30-28/h4-16H,1-3H3,(H,31,32). The largest absolute Gasteiger partial charge is 0.455 e. The van der Waals surface area contributed by atoms with E-state index in [4.69, 9.17) is 4.74 Å². The van der Waals surface area contributed by atoms with Crippen LogP contribution in [0.2, 0.25) is 0 Å². The lowest BCUT2D eigenvalue weighted by molar-refractivity contribution is 0.102. The molecule has 0 saturated carbocycles. The Kier molecular flexibility index (Phi) is 6.53. The number of benzene rings is 3.